The lowest BCUT2D eigenvalue weighted by Crippen LogP contribution is -2.31. The van der Waals surface area contributed by atoms with E-state index in [0.29, 0.717) is 24.2 Å². The predicted molar refractivity (Wildman–Crippen MR) is 116 cm³/mol. The summed E-state index contributed by atoms with van der Waals surface area (Å²) in [5, 5.41) is 0. The number of nitrogens with one attached hydrogen (secondary N) is 1. The number of nitrogens with two attached hydrogens (primary N) is 1. The fourth-order valence-corrected chi connectivity index (χ4v) is 4.78. The zero-order valence-corrected chi connectivity index (χ0v) is 17.3. The average molecular weight is 424 g/mol. The summed E-state index contributed by atoms with van der Waals surface area (Å²) in [4.78, 5) is 29.2. The molecule has 1 saturated heterocycles. The van der Waals surface area contributed by atoms with Gasteiger partial charge in [0, 0.05) is 24.7 Å². The van der Waals surface area contributed by atoms with Gasteiger partial charge in [-0.15, -0.1) is 0 Å². The van der Waals surface area contributed by atoms with Crippen LogP contribution in [0.25, 0.3) is 5.52 Å². The number of hydrogen-bond acceptors (Lipinski definition) is 5. The van der Waals surface area contributed by atoms with Crippen molar-refractivity contribution in [2.75, 3.05) is 25.1 Å². The summed E-state index contributed by atoms with van der Waals surface area (Å²) in [6.45, 7) is 1.17. The molecule has 0 spiro atoms. The SMILES string of the molecule is COc1c(N2CCC(C(N)c3ccccc3)C2)c(F)cn2c(=O)[nH]c(=O)c(C3CC3)c12. The molecule has 1 saturated carbocycles. The Bertz CT molecular complexity index is 1250. The molecule has 2 fully saturated rings. The summed E-state index contributed by atoms with van der Waals surface area (Å²) >= 11 is 0. The number of hydrogen-bond donors (Lipinski definition) is 2. The summed E-state index contributed by atoms with van der Waals surface area (Å²) < 4.78 is 22.1. The van der Waals surface area contributed by atoms with Gasteiger partial charge in [-0.1, -0.05) is 30.3 Å². The molecule has 162 valence electrons. The molecule has 3 aromatic rings. The van der Waals surface area contributed by atoms with E-state index in [-0.39, 0.29) is 29.3 Å². The zero-order chi connectivity index (χ0) is 21.7. The second-order valence-corrected chi connectivity index (χ2v) is 8.46. The number of methoxy groups -OCH3 is 1. The van der Waals surface area contributed by atoms with Gasteiger partial charge in [-0.3, -0.25) is 14.2 Å². The number of nitrogens with zero attached hydrogens (tertiary/aromatic N) is 2. The molecule has 7 nitrogen and oxygen atoms in total. The first-order chi connectivity index (χ1) is 15.0. The molecule has 3 heterocycles. The molecular formula is C23H25FN4O3. The smallest absolute Gasteiger partial charge is 0.333 e. The highest BCUT2D eigenvalue weighted by molar-refractivity contribution is 5.78. The molecule has 8 heteroatoms. The third-order valence-electron chi connectivity index (χ3n) is 6.50. The Hall–Kier alpha value is -3.13. The highest BCUT2D eigenvalue weighted by Gasteiger charge is 2.35. The van der Waals surface area contributed by atoms with Crippen LogP contribution in [0.3, 0.4) is 0 Å². The quantitative estimate of drug-likeness (QED) is 0.657. The van der Waals surface area contributed by atoms with E-state index < -0.39 is 17.1 Å². The molecule has 3 N–H and O–H groups in total. The largest absolute Gasteiger partial charge is 0.492 e. The summed E-state index contributed by atoms with van der Waals surface area (Å²) in [6, 6.07) is 9.72. The number of halogens is 1. The third-order valence-corrected chi connectivity index (χ3v) is 6.50. The van der Waals surface area contributed by atoms with Gasteiger partial charge < -0.3 is 15.4 Å². The van der Waals surface area contributed by atoms with Crippen LogP contribution < -0.4 is 26.6 Å². The highest BCUT2D eigenvalue weighted by atomic mass is 19.1. The van der Waals surface area contributed by atoms with E-state index in [9.17, 15) is 9.59 Å². The van der Waals surface area contributed by atoms with Crippen molar-refractivity contribution in [1.82, 2.24) is 9.38 Å². The maximum absolute atomic E-state index is 15.3. The van der Waals surface area contributed by atoms with Crippen LogP contribution in [0.1, 0.15) is 42.3 Å². The Labute approximate surface area is 178 Å². The first-order valence-electron chi connectivity index (χ1n) is 10.6. The number of fused-ring (bicyclic) bond motifs is 1. The first-order valence-corrected chi connectivity index (χ1v) is 10.6. The number of aromatic amines is 1. The molecule has 2 unspecified atom stereocenters. The van der Waals surface area contributed by atoms with Crippen LogP contribution in [0.4, 0.5) is 10.1 Å². The predicted octanol–water partition coefficient (Wildman–Crippen LogP) is 2.54. The van der Waals surface area contributed by atoms with Crippen LogP contribution in [-0.2, 0) is 0 Å². The first kappa shape index (κ1) is 19.8. The highest BCUT2D eigenvalue weighted by Crippen LogP contribution is 2.45. The van der Waals surface area contributed by atoms with Crippen LogP contribution in [0, 0.1) is 11.7 Å². The van der Waals surface area contributed by atoms with Gasteiger partial charge in [0.2, 0.25) is 0 Å². The van der Waals surface area contributed by atoms with Gasteiger partial charge in [-0.05, 0) is 36.7 Å². The van der Waals surface area contributed by atoms with E-state index in [1.807, 2.05) is 35.2 Å². The normalized spacial score (nSPS) is 19.7. The third kappa shape index (κ3) is 3.31. The van der Waals surface area contributed by atoms with Gasteiger partial charge in [0.15, 0.2) is 11.6 Å². The number of benzene rings is 1. The molecule has 1 aliphatic heterocycles. The molecule has 0 radical (unpaired) electrons. The average Bonchev–Trinajstić information content (AvgIpc) is 3.49. The van der Waals surface area contributed by atoms with Crippen molar-refractivity contribution in [1.29, 1.82) is 0 Å². The molecule has 1 aliphatic carbocycles. The van der Waals surface area contributed by atoms with Crippen LogP contribution in [0.5, 0.6) is 5.75 Å². The van der Waals surface area contributed by atoms with Crippen molar-refractivity contribution in [3.05, 3.63) is 74.3 Å². The number of aromatic nitrogens is 2. The van der Waals surface area contributed by atoms with Crippen LogP contribution in [0.2, 0.25) is 0 Å². The number of pyridine rings is 1. The number of ether oxygens (including phenoxy) is 1. The van der Waals surface area contributed by atoms with E-state index in [4.69, 9.17) is 10.5 Å². The Morgan fingerprint density at radius 3 is 2.61 bits per heavy atom. The molecular weight excluding hydrogens is 399 g/mol. The van der Waals surface area contributed by atoms with E-state index in [0.717, 1.165) is 35.4 Å². The zero-order valence-electron chi connectivity index (χ0n) is 17.3. The molecule has 1 aromatic carbocycles. The fraction of sp³-hybridized carbons (Fsp3) is 0.391. The van der Waals surface area contributed by atoms with Crippen LogP contribution in [0.15, 0.2) is 46.1 Å². The Kier molecular flexibility index (Phi) is 4.81. The molecule has 5 rings (SSSR count). The van der Waals surface area contributed by atoms with Crippen LogP contribution in [-0.4, -0.2) is 29.6 Å². The maximum Gasteiger partial charge on any atom is 0.333 e. The van der Waals surface area contributed by atoms with Crippen molar-refractivity contribution in [2.24, 2.45) is 11.7 Å². The molecule has 2 aromatic heterocycles. The Morgan fingerprint density at radius 2 is 1.94 bits per heavy atom. The summed E-state index contributed by atoms with van der Waals surface area (Å²) in [6.07, 6.45) is 3.69. The van der Waals surface area contributed by atoms with Gasteiger partial charge in [0.1, 0.15) is 11.2 Å². The second kappa shape index (κ2) is 7.53. The topological polar surface area (TPSA) is 92.8 Å². The lowest BCUT2D eigenvalue weighted by atomic mass is 9.93. The monoisotopic (exact) mass is 424 g/mol. The number of H-pyrrole nitrogens is 1. The molecule has 0 bridgehead atoms. The van der Waals surface area contributed by atoms with E-state index in [1.54, 1.807) is 0 Å². The van der Waals surface area contributed by atoms with Crippen LogP contribution >= 0.6 is 0 Å². The second-order valence-electron chi connectivity index (χ2n) is 8.46. The molecule has 2 atom stereocenters. The summed E-state index contributed by atoms with van der Waals surface area (Å²) in [7, 11) is 1.45. The number of anilines is 1. The van der Waals surface area contributed by atoms with Gasteiger partial charge in [0.05, 0.1) is 13.3 Å². The lowest BCUT2D eigenvalue weighted by molar-refractivity contribution is 0.412. The minimum absolute atomic E-state index is 0.0596. The van der Waals surface area contributed by atoms with Gasteiger partial charge in [0.25, 0.3) is 5.56 Å². The van der Waals surface area contributed by atoms with E-state index in [2.05, 4.69) is 4.98 Å². The fourth-order valence-electron chi connectivity index (χ4n) is 4.78. The molecule has 31 heavy (non-hydrogen) atoms. The van der Waals surface area contributed by atoms with Gasteiger partial charge in [-0.2, -0.15) is 0 Å². The Balaban J connectivity index is 1.59. The molecule has 2 aliphatic rings. The standard InChI is InChI=1S/C23H25FN4O3/c1-31-21-19(27-10-9-15(11-27)18(25)14-5-3-2-4-6-14)16(24)12-28-20(21)17(13-7-8-13)22(29)26-23(28)30/h2-6,12-13,15,18H,7-11,25H2,1H3,(H,26,29,30). The summed E-state index contributed by atoms with van der Waals surface area (Å²) in [5.41, 5.74) is 7.62. The maximum atomic E-state index is 15.3. The van der Waals surface area contributed by atoms with Crippen molar-refractivity contribution in [3.63, 3.8) is 0 Å². The van der Waals surface area contributed by atoms with Crippen molar-refractivity contribution in [2.45, 2.75) is 31.2 Å². The van der Waals surface area contributed by atoms with E-state index >= 15 is 4.39 Å². The summed E-state index contributed by atoms with van der Waals surface area (Å²) in [5.74, 6) is -0.121. The van der Waals surface area contributed by atoms with Crippen molar-refractivity contribution >= 4 is 11.2 Å². The number of rotatable bonds is 5. The van der Waals surface area contributed by atoms with Gasteiger partial charge >= 0.3 is 5.69 Å². The van der Waals surface area contributed by atoms with Gasteiger partial charge in [-0.25, -0.2) is 9.18 Å². The molecule has 0 amide bonds. The Morgan fingerprint density at radius 1 is 1.19 bits per heavy atom. The van der Waals surface area contributed by atoms with Crippen molar-refractivity contribution in [3.8, 4) is 5.75 Å². The lowest BCUT2D eigenvalue weighted by Gasteiger charge is -2.25. The minimum Gasteiger partial charge on any atom is -0.492 e. The van der Waals surface area contributed by atoms with E-state index in [1.165, 1.54) is 7.11 Å². The minimum atomic E-state index is -0.668. The van der Waals surface area contributed by atoms with Crippen molar-refractivity contribution < 1.29 is 9.13 Å².